The summed E-state index contributed by atoms with van der Waals surface area (Å²) in [7, 11) is 3.01. The summed E-state index contributed by atoms with van der Waals surface area (Å²) in [5.74, 6) is -0.426. The second-order valence-corrected chi connectivity index (χ2v) is 3.79. The molecule has 6 nitrogen and oxygen atoms in total. The van der Waals surface area contributed by atoms with Crippen molar-refractivity contribution < 1.29 is 9.53 Å². The lowest BCUT2D eigenvalue weighted by atomic mass is 10.1. The first-order valence-corrected chi connectivity index (χ1v) is 5.61. The molecule has 0 aliphatic heterocycles. The molecule has 0 saturated heterocycles. The van der Waals surface area contributed by atoms with Crippen LogP contribution in [-0.2, 0) is 4.74 Å². The van der Waals surface area contributed by atoms with Crippen molar-refractivity contribution >= 4 is 23.4 Å². The lowest BCUT2D eigenvalue weighted by molar-refractivity contribution is 0.0593. The normalized spacial score (nSPS) is 12.2. The lowest BCUT2D eigenvalue weighted by Crippen LogP contribution is -2.05. The number of carbonyl (C=O) groups is 1. The maximum atomic E-state index is 11.5. The Hall–Kier alpha value is -2.63. The monoisotopic (exact) mass is 258 g/mol. The maximum Gasteiger partial charge on any atom is 0.356 e. The van der Waals surface area contributed by atoms with Crippen LogP contribution in [0.1, 0.15) is 16.1 Å². The first kappa shape index (κ1) is 12.8. The SMILES string of the molecule is CN=CC(=CN)c1ccn2c(C(=O)OC)cnc2c1. The Morgan fingerprint density at radius 2 is 2.37 bits per heavy atom. The van der Waals surface area contributed by atoms with Gasteiger partial charge in [0.25, 0.3) is 0 Å². The molecule has 0 aromatic carbocycles. The van der Waals surface area contributed by atoms with E-state index in [0.717, 1.165) is 11.1 Å². The number of hydrogen-bond donors (Lipinski definition) is 1. The van der Waals surface area contributed by atoms with Gasteiger partial charge < -0.3 is 10.5 Å². The minimum Gasteiger partial charge on any atom is -0.464 e. The third-order valence-electron chi connectivity index (χ3n) is 2.69. The molecule has 0 aliphatic carbocycles. The number of imidazole rings is 1. The number of hydrogen-bond acceptors (Lipinski definition) is 5. The molecule has 2 aromatic rings. The first-order valence-electron chi connectivity index (χ1n) is 5.61. The van der Waals surface area contributed by atoms with E-state index >= 15 is 0 Å². The Labute approximate surface area is 110 Å². The number of fused-ring (bicyclic) bond motifs is 1. The zero-order valence-electron chi connectivity index (χ0n) is 10.7. The number of carbonyl (C=O) groups excluding carboxylic acids is 1. The van der Waals surface area contributed by atoms with Crippen molar-refractivity contribution in [2.24, 2.45) is 10.7 Å². The molecular formula is C13H14N4O2. The van der Waals surface area contributed by atoms with Gasteiger partial charge in [0, 0.05) is 31.2 Å². The highest BCUT2D eigenvalue weighted by Crippen LogP contribution is 2.15. The average molecular weight is 258 g/mol. The molecule has 2 rings (SSSR count). The molecular weight excluding hydrogens is 244 g/mol. The topological polar surface area (TPSA) is 82.0 Å². The highest BCUT2D eigenvalue weighted by Gasteiger charge is 2.12. The molecule has 0 bridgehead atoms. The molecule has 0 atom stereocenters. The van der Waals surface area contributed by atoms with Gasteiger partial charge in [0.1, 0.15) is 5.65 Å². The molecule has 2 heterocycles. The van der Waals surface area contributed by atoms with E-state index in [1.54, 1.807) is 23.9 Å². The number of ether oxygens (including phenoxy) is 1. The van der Waals surface area contributed by atoms with Crippen molar-refractivity contribution in [1.82, 2.24) is 9.38 Å². The van der Waals surface area contributed by atoms with Gasteiger partial charge in [-0.15, -0.1) is 0 Å². The zero-order valence-corrected chi connectivity index (χ0v) is 10.7. The summed E-state index contributed by atoms with van der Waals surface area (Å²) < 4.78 is 6.35. The summed E-state index contributed by atoms with van der Waals surface area (Å²) in [5.41, 5.74) is 8.24. The largest absolute Gasteiger partial charge is 0.464 e. The molecule has 0 saturated carbocycles. The first-order chi connectivity index (χ1) is 9.21. The van der Waals surface area contributed by atoms with Gasteiger partial charge in [-0.05, 0) is 17.7 Å². The molecule has 0 unspecified atom stereocenters. The van der Waals surface area contributed by atoms with Gasteiger partial charge in [0.2, 0.25) is 0 Å². The molecule has 2 N–H and O–H groups in total. The third-order valence-corrected chi connectivity index (χ3v) is 2.69. The van der Waals surface area contributed by atoms with Crippen molar-refractivity contribution in [3.63, 3.8) is 0 Å². The Morgan fingerprint density at radius 1 is 1.58 bits per heavy atom. The van der Waals surface area contributed by atoms with Crippen LogP contribution in [0.5, 0.6) is 0 Å². The summed E-state index contributed by atoms with van der Waals surface area (Å²) in [6, 6.07) is 3.66. The fourth-order valence-electron chi connectivity index (χ4n) is 1.77. The summed E-state index contributed by atoms with van der Waals surface area (Å²) in [5, 5.41) is 0. The highest BCUT2D eigenvalue weighted by atomic mass is 16.5. The number of nitrogens with two attached hydrogens (primary N) is 1. The fraction of sp³-hybridized carbons (Fsp3) is 0.154. The number of allylic oxidation sites excluding steroid dienone is 1. The van der Waals surface area contributed by atoms with Crippen LogP contribution in [0.3, 0.4) is 0 Å². The fourth-order valence-corrected chi connectivity index (χ4v) is 1.77. The van der Waals surface area contributed by atoms with E-state index in [9.17, 15) is 4.79 Å². The van der Waals surface area contributed by atoms with Gasteiger partial charge in [0.15, 0.2) is 5.69 Å². The molecule has 0 spiro atoms. The minimum atomic E-state index is -0.426. The van der Waals surface area contributed by atoms with Crippen LogP contribution in [0.2, 0.25) is 0 Å². The number of aliphatic imine (C=N–C) groups is 1. The van der Waals surface area contributed by atoms with Gasteiger partial charge >= 0.3 is 5.97 Å². The molecule has 0 radical (unpaired) electrons. The molecule has 19 heavy (non-hydrogen) atoms. The predicted octanol–water partition coefficient (Wildman–Crippen LogP) is 1.12. The van der Waals surface area contributed by atoms with Crippen molar-refractivity contribution in [3.05, 3.63) is 42.0 Å². The minimum absolute atomic E-state index is 0.381. The Morgan fingerprint density at radius 3 is 3.00 bits per heavy atom. The second-order valence-electron chi connectivity index (χ2n) is 3.79. The Kier molecular flexibility index (Phi) is 3.61. The van der Waals surface area contributed by atoms with Gasteiger partial charge in [0.05, 0.1) is 13.3 Å². The van der Waals surface area contributed by atoms with Crippen LogP contribution in [0.25, 0.3) is 11.2 Å². The van der Waals surface area contributed by atoms with Crippen LogP contribution < -0.4 is 5.73 Å². The quantitative estimate of drug-likeness (QED) is 0.660. The van der Waals surface area contributed by atoms with Crippen LogP contribution in [0.15, 0.2) is 35.7 Å². The number of esters is 1. The van der Waals surface area contributed by atoms with Crippen LogP contribution in [0, 0.1) is 0 Å². The molecule has 0 amide bonds. The molecule has 98 valence electrons. The highest BCUT2D eigenvalue weighted by molar-refractivity contribution is 6.09. The number of methoxy groups -OCH3 is 1. The van der Waals surface area contributed by atoms with E-state index in [-0.39, 0.29) is 0 Å². The third kappa shape index (κ3) is 2.33. The van der Waals surface area contributed by atoms with Gasteiger partial charge in [-0.2, -0.15) is 0 Å². The molecule has 6 heteroatoms. The Balaban J connectivity index is 2.52. The lowest BCUT2D eigenvalue weighted by Gasteiger charge is -2.03. The van der Waals surface area contributed by atoms with Crippen molar-refractivity contribution in [2.75, 3.05) is 14.2 Å². The van der Waals surface area contributed by atoms with Crippen LogP contribution in [0.4, 0.5) is 0 Å². The van der Waals surface area contributed by atoms with Crippen LogP contribution >= 0.6 is 0 Å². The van der Waals surface area contributed by atoms with Gasteiger partial charge in [-0.1, -0.05) is 0 Å². The summed E-state index contributed by atoms with van der Waals surface area (Å²) in [6.45, 7) is 0. The predicted molar refractivity (Wildman–Crippen MR) is 73.1 cm³/mol. The summed E-state index contributed by atoms with van der Waals surface area (Å²) in [4.78, 5) is 19.6. The molecule has 0 aliphatic rings. The van der Waals surface area contributed by atoms with Crippen LogP contribution in [-0.4, -0.2) is 35.7 Å². The number of nitrogens with zero attached hydrogens (tertiary/aromatic N) is 3. The zero-order chi connectivity index (χ0) is 13.8. The van der Waals surface area contributed by atoms with Crippen molar-refractivity contribution in [1.29, 1.82) is 0 Å². The maximum absolute atomic E-state index is 11.5. The Bertz CT molecular complexity index is 670. The van der Waals surface area contributed by atoms with E-state index in [2.05, 4.69) is 14.7 Å². The average Bonchev–Trinajstić information content (AvgIpc) is 2.86. The van der Waals surface area contributed by atoms with E-state index in [4.69, 9.17) is 5.73 Å². The van der Waals surface area contributed by atoms with Gasteiger partial charge in [-0.3, -0.25) is 9.39 Å². The second kappa shape index (κ2) is 5.34. The standard InChI is InChI=1S/C13H14N4O2/c1-15-7-10(6-14)9-3-4-17-11(13(18)19-2)8-16-12(17)5-9/h3-8H,14H2,1-2H3. The van der Waals surface area contributed by atoms with Crippen molar-refractivity contribution in [2.45, 2.75) is 0 Å². The van der Waals surface area contributed by atoms with E-state index < -0.39 is 5.97 Å². The van der Waals surface area contributed by atoms with E-state index in [1.807, 2.05) is 12.1 Å². The summed E-state index contributed by atoms with van der Waals surface area (Å²) in [6.07, 6.45) is 6.36. The molecule has 2 aromatic heterocycles. The molecule has 0 fully saturated rings. The van der Waals surface area contributed by atoms with Crippen molar-refractivity contribution in [3.8, 4) is 0 Å². The van der Waals surface area contributed by atoms with Gasteiger partial charge in [-0.25, -0.2) is 9.78 Å². The number of aromatic nitrogens is 2. The van der Waals surface area contributed by atoms with E-state index in [0.29, 0.717) is 11.3 Å². The number of rotatable bonds is 3. The smallest absolute Gasteiger partial charge is 0.356 e. The summed E-state index contributed by atoms with van der Waals surface area (Å²) >= 11 is 0. The van der Waals surface area contributed by atoms with E-state index in [1.165, 1.54) is 19.5 Å². The number of pyridine rings is 1.